The summed E-state index contributed by atoms with van der Waals surface area (Å²) in [5, 5.41) is 8.10. The first-order valence-corrected chi connectivity index (χ1v) is 17.8. The van der Waals surface area contributed by atoms with Gasteiger partial charge in [0.25, 0.3) is 5.91 Å². The Balaban J connectivity index is 1.19. The number of hydrogen-bond donors (Lipinski definition) is 3. The van der Waals surface area contributed by atoms with Gasteiger partial charge >= 0.3 is 6.03 Å². The maximum atomic E-state index is 14.6. The lowest BCUT2D eigenvalue weighted by molar-refractivity contribution is 0.102. The van der Waals surface area contributed by atoms with Gasteiger partial charge in [-0.1, -0.05) is 71.7 Å². The lowest BCUT2D eigenvalue weighted by Crippen LogP contribution is -2.46. The Morgan fingerprint density at radius 3 is 2.41 bits per heavy atom. The number of fused-ring (bicyclic) bond motifs is 1. The van der Waals surface area contributed by atoms with Crippen molar-refractivity contribution in [1.82, 2.24) is 34.3 Å². The largest absolute Gasteiger partial charge is 0.355 e. The van der Waals surface area contributed by atoms with Crippen LogP contribution >= 0.6 is 23.2 Å². The van der Waals surface area contributed by atoms with Crippen molar-refractivity contribution in [2.45, 2.75) is 31.8 Å². The number of H-pyrrole nitrogens is 1. The number of aromatic amines is 1. The standard InChI is InChI=1S/C38H37Cl2N9O2/c1-23(24-8-10-26(39)11-9-24)49-22-42-32(25-6-4-3-5-7-25)34(49)31-29-13-12-27(40)20-30(29)44-33(31)36(50)45-35-37(46(2)21-43-35)47-17-14-28(15-18-47)48-19-16-41-38(48)51/h3-13,20-23,28,44H,14-19H2,1-2H3,(H,41,51)(H,45,50). The van der Waals surface area contributed by atoms with Crippen LogP contribution in [-0.2, 0) is 7.05 Å². The van der Waals surface area contributed by atoms with Gasteiger partial charge in [-0.2, -0.15) is 0 Å². The van der Waals surface area contributed by atoms with Crippen molar-refractivity contribution < 1.29 is 9.59 Å². The number of aromatic nitrogens is 5. The van der Waals surface area contributed by atoms with Gasteiger partial charge in [0, 0.05) is 71.3 Å². The van der Waals surface area contributed by atoms with E-state index in [9.17, 15) is 9.59 Å². The number of rotatable bonds is 8. The molecule has 13 heteroatoms. The summed E-state index contributed by atoms with van der Waals surface area (Å²) >= 11 is 12.7. The molecule has 1 atom stereocenters. The molecule has 6 aromatic rings. The first-order valence-electron chi connectivity index (χ1n) is 17.1. The number of aryl methyl sites for hydroxylation is 1. The van der Waals surface area contributed by atoms with Gasteiger partial charge in [-0.15, -0.1) is 0 Å². The third-order valence-corrected chi connectivity index (χ3v) is 10.6. The number of carbonyl (C=O) groups is 2. The third-order valence-electron chi connectivity index (χ3n) is 10.1. The molecular formula is C38H37Cl2N9O2. The molecule has 3 aromatic carbocycles. The summed E-state index contributed by atoms with van der Waals surface area (Å²) in [6, 6.07) is 23.4. The maximum Gasteiger partial charge on any atom is 0.317 e. The number of hydrogen-bond acceptors (Lipinski definition) is 5. The molecule has 5 heterocycles. The Morgan fingerprint density at radius 2 is 1.69 bits per heavy atom. The Kier molecular flexibility index (Phi) is 8.69. The van der Waals surface area contributed by atoms with E-state index in [-0.39, 0.29) is 24.0 Å². The molecule has 0 radical (unpaired) electrons. The van der Waals surface area contributed by atoms with Crippen molar-refractivity contribution in [2.24, 2.45) is 7.05 Å². The average Bonchev–Trinajstić information content (AvgIpc) is 3.93. The first kappa shape index (κ1) is 32.9. The van der Waals surface area contributed by atoms with Crippen LogP contribution in [0, 0.1) is 0 Å². The number of urea groups is 1. The number of halogens is 2. The molecule has 2 aliphatic heterocycles. The molecule has 8 rings (SSSR count). The highest BCUT2D eigenvalue weighted by Gasteiger charge is 2.33. The number of piperidine rings is 1. The van der Waals surface area contributed by atoms with Crippen LogP contribution in [0.2, 0.25) is 10.0 Å². The molecular weight excluding hydrogens is 685 g/mol. The van der Waals surface area contributed by atoms with Crippen LogP contribution in [0.4, 0.5) is 16.4 Å². The summed E-state index contributed by atoms with van der Waals surface area (Å²) in [4.78, 5) is 44.1. The molecule has 3 aromatic heterocycles. The van der Waals surface area contributed by atoms with E-state index in [4.69, 9.17) is 28.2 Å². The van der Waals surface area contributed by atoms with E-state index >= 15 is 0 Å². The van der Waals surface area contributed by atoms with E-state index < -0.39 is 0 Å². The zero-order chi connectivity index (χ0) is 35.2. The topological polar surface area (TPSA) is 116 Å². The Labute approximate surface area is 305 Å². The van der Waals surface area contributed by atoms with Gasteiger partial charge in [0.05, 0.1) is 30.1 Å². The fourth-order valence-corrected chi connectivity index (χ4v) is 7.77. The first-order chi connectivity index (χ1) is 24.8. The summed E-state index contributed by atoms with van der Waals surface area (Å²) < 4.78 is 4.04. The normalized spacial score (nSPS) is 15.8. The van der Waals surface area contributed by atoms with Crippen molar-refractivity contribution in [2.75, 3.05) is 36.4 Å². The van der Waals surface area contributed by atoms with E-state index in [1.165, 1.54) is 0 Å². The van der Waals surface area contributed by atoms with Crippen molar-refractivity contribution in [3.8, 4) is 22.5 Å². The summed E-state index contributed by atoms with van der Waals surface area (Å²) in [6.07, 6.45) is 5.21. The van der Waals surface area contributed by atoms with E-state index in [0.29, 0.717) is 33.7 Å². The zero-order valence-corrected chi connectivity index (χ0v) is 29.7. The molecule has 2 saturated heterocycles. The monoisotopic (exact) mass is 721 g/mol. The minimum absolute atomic E-state index is 0.0108. The second-order valence-electron chi connectivity index (χ2n) is 13.1. The predicted octanol–water partition coefficient (Wildman–Crippen LogP) is 7.59. The Bertz CT molecular complexity index is 2230. The Morgan fingerprint density at radius 1 is 0.941 bits per heavy atom. The van der Waals surface area contributed by atoms with Crippen LogP contribution in [0.3, 0.4) is 0 Å². The molecule has 3 amide bonds. The van der Waals surface area contributed by atoms with Gasteiger partial charge in [0.1, 0.15) is 5.69 Å². The lowest BCUT2D eigenvalue weighted by atomic mass is 9.99. The maximum absolute atomic E-state index is 14.6. The fraction of sp³-hybridized carbons (Fsp3) is 0.263. The predicted molar refractivity (Wildman–Crippen MR) is 202 cm³/mol. The van der Waals surface area contributed by atoms with Gasteiger partial charge < -0.3 is 34.6 Å². The summed E-state index contributed by atoms with van der Waals surface area (Å²) in [5.41, 5.74) is 5.29. The van der Waals surface area contributed by atoms with Crippen LogP contribution < -0.4 is 15.5 Å². The molecule has 0 bridgehead atoms. The zero-order valence-electron chi connectivity index (χ0n) is 28.2. The van der Waals surface area contributed by atoms with Gasteiger partial charge in [0.2, 0.25) is 0 Å². The second-order valence-corrected chi connectivity index (χ2v) is 14.0. The van der Waals surface area contributed by atoms with Gasteiger partial charge in [0.15, 0.2) is 11.6 Å². The quantitative estimate of drug-likeness (QED) is 0.150. The molecule has 1 unspecified atom stereocenters. The highest BCUT2D eigenvalue weighted by molar-refractivity contribution is 6.31. The van der Waals surface area contributed by atoms with Crippen molar-refractivity contribution in [1.29, 1.82) is 0 Å². The smallest absolute Gasteiger partial charge is 0.317 e. The molecule has 0 aliphatic carbocycles. The number of carbonyl (C=O) groups excluding carboxylic acids is 2. The molecule has 260 valence electrons. The molecule has 2 fully saturated rings. The number of benzene rings is 3. The minimum Gasteiger partial charge on any atom is -0.355 e. The highest BCUT2D eigenvalue weighted by atomic mass is 35.5. The van der Waals surface area contributed by atoms with Gasteiger partial charge in [-0.25, -0.2) is 14.8 Å². The third kappa shape index (κ3) is 6.10. The number of nitrogens with one attached hydrogen (secondary N) is 3. The minimum atomic E-state index is -0.341. The van der Waals surface area contributed by atoms with Crippen LogP contribution in [0.5, 0.6) is 0 Å². The van der Waals surface area contributed by atoms with Gasteiger partial charge in [-0.3, -0.25) is 4.79 Å². The summed E-state index contributed by atoms with van der Waals surface area (Å²) in [5.74, 6) is 0.945. The van der Waals surface area contributed by atoms with Crippen LogP contribution in [0.1, 0.15) is 41.9 Å². The van der Waals surface area contributed by atoms with Crippen LogP contribution in [-0.4, -0.2) is 73.1 Å². The summed E-state index contributed by atoms with van der Waals surface area (Å²) in [7, 11) is 1.93. The Hall–Kier alpha value is -5.26. The van der Waals surface area contributed by atoms with E-state index in [1.807, 2.05) is 95.6 Å². The second kappa shape index (κ2) is 13.5. The summed E-state index contributed by atoms with van der Waals surface area (Å²) in [6.45, 7) is 4.99. The molecule has 51 heavy (non-hydrogen) atoms. The molecule has 2 aliphatic rings. The fourth-order valence-electron chi connectivity index (χ4n) is 7.48. The van der Waals surface area contributed by atoms with Crippen molar-refractivity contribution in [3.63, 3.8) is 0 Å². The SMILES string of the molecule is CC(c1ccc(Cl)cc1)n1cnc(-c2ccccc2)c1-c1c(C(=O)Nc2ncn(C)c2N2CCC(N3CCNC3=O)CC2)[nH]c2cc(Cl)ccc12. The number of nitrogens with zero attached hydrogens (tertiary/aromatic N) is 6. The van der Waals surface area contributed by atoms with Crippen molar-refractivity contribution >= 4 is 57.7 Å². The van der Waals surface area contributed by atoms with Crippen LogP contribution in [0.25, 0.3) is 33.4 Å². The number of amides is 3. The molecule has 0 saturated carbocycles. The molecule has 0 spiro atoms. The lowest BCUT2D eigenvalue weighted by Gasteiger charge is -2.37. The molecule has 3 N–H and O–H groups in total. The van der Waals surface area contributed by atoms with Crippen LogP contribution in [0.15, 0.2) is 85.5 Å². The number of imidazole rings is 2. The number of anilines is 2. The van der Waals surface area contributed by atoms with E-state index in [0.717, 1.165) is 71.7 Å². The van der Waals surface area contributed by atoms with E-state index in [2.05, 4.69) is 37.0 Å². The van der Waals surface area contributed by atoms with Crippen molar-refractivity contribution in [3.05, 3.63) is 107 Å². The molecule has 11 nitrogen and oxygen atoms in total. The van der Waals surface area contributed by atoms with Gasteiger partial charge in [-0.05, 0) is 49.6 Å². The average molecular weight is 723 g/mol. The highest BCUT2D eigenvalue weighted by Crippen LogP contribution is 2.42. The van der Waals surface area contributed by atoms with E-state index in [1.54, 1.807) is 6.33 Å².